The maximum absolute atomic E-state index is 5.15. The molecule has 0 spiro atoms. The van der Waals surface area contributed by atoms with Gasteiger partial charge in [-0.1, -0.05) is 11.8 Å². The van der Waals surface area contributed by atoms with Crippen LogP contribution in [0.15, 0.2) is 40.5 Å². The van der Waals surface area contributed by atoms with Gasteiger partial charge in [0.15, 0.2) is 5.65 Å². The van der Waals surface area contributed by atoms with Gasteiger partial charge in [-0.25, -0.2) is 9.97 Å². The van der Waals surface area contributed by atoms with E-state index in [4.69, 9.17) is 4.74 Å². The summed E-state index contributed by atoms with van der Waals surface area (Å²) in [5, 5.41) is 3.78. The van der Waals surface area contributed by atoms with E-state index in [2.05, 4.69) is 25.3 Å². The molecule has 102 valence electrons. The van der Waals surface area contributed by atoms with Crippen molar-refractivity contribution in [2.24, 2.45) is 0 Å². The lowest BCUT2D eigenvalue weighted by Crippen LogP contribution is -1.98. The summed E-state index contributed by atoms with van der Waals surface area (Å²) < 4.78 is 5.15. The number of hydrogen-bond donors (Lipinski definition) is 2. The molecule has 0 atom stereocenters. The fraction of sp³-hybridized carbons (Fsp3) is 0.154. The number of ether oxygens (including phenoxy) is 1. The molecule has 1 aromatic carbocycles. The van der Waals surface area contributed by atoms with Gasteiger partial charge < -0.3 is 15.0 Å². The standard InChI is InChI=1S/C13H13N5OS/c1-14-13-17-11-10(15-7-16-11)12(18-13)20-9-5-3-8(19-2)4-6-9/h3-7H,1-2H3,(H2,14,15,16,17,18). The molecule has 0 amide bonds. The van der Waals surface area contributed by atoms with Crippen LogP contribution in [0.25, 0.3) is 11.2 Å². The number of methoxy groups -OCH3 is 1. The molecule has 20 heavy (non-hydrogen) atoms. The molecule has 6 nitrogen and oxygen atoms in total. The fourth-order valence-electron chi connectivity index (χ4n) is 1.75. The van der Waals surface area contributed by atoms with E-state index in [0.29, 0.717) is 11.6 Å². The molecule has 0 aliphatic heterocycles. The zero-order valence-corrected chi connectivity index (χ0v) is 11.9. The molecule has 2 aromatic heterocycles. The van der Waals surface area contributed by atoms with Crippen molar-refractivity contribution in [3.8, 4) is 5.75 Å². The van der Waals surface area contributed by atoms with Crippen LogP contribution in [0.4, 0.5) is 5.95 Å². The summed E-state index contributed by atoms with van der Waals surface area (Å²) >= 11 is 1.55. The molecule has 0 saturated carbocycles. The molecule has 7 heteroatoms. The van der Waals surface area contributed by atoms with Gasteiger partial charge in [0.2, 0.25) is 5.95 Å². The first-order chi connectivity index (χ1) is 9.80. The van der Waals surface area contributed by atoms with E-state index in [1.54, 1.807) is 32.2 Å². The number of imidazole rings is 1. The van der Waals surface area contributed by atoms with Gasteiger partial charge in [-0.3, -0.25) is 0 Å². The molecular weight excluding hydrogens is 274 g/mol. The minimum absolute atomic E-state index is 0.556. The molecule has 3 aromatic rings. The maximum Gasteiger partial charge on any atom is 0.225 e. The molecule has 0 bridgehead atoms. The summed E-state index contributed by atoms with van der Waals surface area (Å²) in [6, 6.07) is 7.83. The topological polar surface area (TPSA) is 75.7 Å². The van der Waals surface area contributed by atoms with Crippen LogP contribution < -0.4 is 10.1 Å². The highest BCUT2D eigenvalue weighted by Crippen LogP contribution is 2.31. The van der Waals surface area contributed by atoms with E-state index in [9.17, 15) is 0 Å². The van der Waals surface area contributed by atoms with Crippen LogP contribution in [0, 0.1) is 0 Å². The molecule has 0 saturated heterocycles. The molecule has 0 unspecified atom stereocenters. The summed E-state index contributed by atoms with van der Waals surface area (Å²) in [6.07, 6.45) is 1.62. The van der Waals surface area contributed by atoms with E-state index in [1.807, 2.05) is 24.3 Å². The molecule has 2 N–H and O–H groups in total. The largest absolute Gasteiger partial charge is 0.497 e. The SMILES string of the molecule is CNc1nc(Sc2ccc(OC)cc2)c2[nH]cnc2n1. The van der Waals surface area contributed by atoms with Crippen LogP contribution in [-0.2, 0) is 0 Å². The van der Waals surface area contributed by atoms with Gasteiger partial charge in [-0.05, 0) is 24.3 Å². The van der Waals surface area contributed by atoms with Crippen molar-refractivity contribution >= 4 is 28.9 Å². The Balaban J connectivity index is 1.98. The van der Waals surface area contributed by atoms with Gasteiger partial charge in [-0.15, -0.1) is 0 Å². The van der Waals surface area contributed by atoms with Crippen LogP contribution in [0.3, 0.4) is 0 Å². The van der Waals surface area contributed by atoms with E-state index in [-0.39, 0.29) is 0 Å². The van der Waals surface area contributed by atoms with Crippen LogP contribution in [0.5, 0.6) is 5.75 Å². The highest BCUT2D eigenvalue weighted by atomic mass is 32.2. The smallest absolute Gasteiger partial charge is 0.225 e. The van der Waals surface area contributed by atoms with Gasteiger partial charge in [0.05, 0.1) is 13.4 Å². The van der Waals surface area contributed by atoms with Crippen LogP contribution in [-0.4, -0.2) is 34.1 Å². The summed E-state index contributed by atoms with van der Waals surface area (Å²) in [5.74, 6) is 1.39. The van der Waals surface area contributed by atoms with Crippen LogP contribution in [0.2, 0.25) is 0 Å². The summed E-state index contributed by atoms with van der Waals surface area (Å²) in [5.41, 5.74) is 1.49. The Labute approximate surface area is 120 Å². The van der Waals surface area contributed by atoms with E-state index >= 15 is 0 Å². The third-order valence-corrected chi connectivity index (χ3v) is 3.75. The third-order valence-electron chi connectivity index (χ3n) is 2.75. The first kappa shape index (κ1) is 12.7. The predicted octanol–water partition coefficient (Wildman–Crippen LogP) is 2.55. The first-order valence-corrected chi connectivity index (χ1v) is 6.82. The van der Waals surface area contributed by atoms with Crippen LogP contribution in [0.1, 0.15) is 0 Å². The fourth-order valence-corrected chi connectivity index (χ4v) is 2.63. The van der Waals surface area contributed by atoms with Crippen molar-refractivity contribution in [2.75, 3.05) is 19.5 Å². The van der Waals surface area contributed by atoms with E-state index in [1.165, 1.54) is 0 Å². The monoisotopic (exact) mass is 287 g/mol. The number of aromatic nitrogens is 4. The number of H-pyrrole nitrogens is 1. The number of nitrogens with zero attached hydrogens (tertiary/aromatic N) is 3. The van der Waals surface area contributed by atoms with Gasteiger partial charge in [0.25, 0.3) is 0 Å². The van der Waals surface area contributed by atoms with E-state index < -0.39 is 0 Å². The Hall–Kier alpha value is -2.28. The Bertz CT molecular complexity index is 725. The van der Waals surface area contributed by atoms with Gasteiger partial charge in [0, 0.05) is 11.9 Å². The molecule has 0 aliphatic rings. The van der Waals surface area contributed by atoms with Crippen molar-refractivity contribution in [1.82, 2.24) is 19.9 Å². The second kappa shape index (κ2) is 5.38. The molecule has 0 aliphatic carbocycles. The van der Waals surface area contributed by atoms with Crippen molar-refractivity contribution in [2.45, 2.75) is 9.92 Å². The minimum atomic E-state index is 0.556. The highest BCUT2D eigenvalue weighted by molar-refractivity contribution is 7.99. The zero-order chi connectivity index (χ0) is 13.9. The number of benzene rings is 1. The predicted molar refractivity (Wildman–Crippen MR) is 78.3 cm³/mol. The lowest BCUT2D eigenvalue weighted by atomic mass is 10.3. The Morgan fingerprint density at radius 1 is 1.20 bits per heavy atom. The lowest BCUT2D eigenvalue weighted by molar-refractivity contribution is 0.414. The molecule has 2 heterocycles. The first-order valence-electron chi connectivity index (χ1n) is 6.01. The minimum Gasteiger partial charge on any atom is -0.497 e. The Morgan fingerprint density at radius 2 is 2.00 bits per heavy atom. The second-order valence-corrected chi connectivity index (χ2v) is 5.04. The molecular formula is C13H13N5OS. The lowest BCUT2D eigenvalue weighted by Gasteiger charge is -2.05. The number of aromatic amines is 1. The summed E-state index contributed by atoms with van der Waals surface area (Å²) in [4.78, 5) is 17.1. The van der Waals surface area contributed by atoms with Crippen molar-refractivity contribution in [3.05, 3.63) is 30.6 Å². The quantitative estimate of drug-likeness (QED) is 0.718. The Morgan fingerprint density at radius 3 is 2.70 bits per heavy atom. The zero-order valence-electron chi connectivity index (χ0n) is 11.0. The van der Waals surface area contributed by atoms with E-state index in [0.717, 1.165) is 21.2 Å². The molecule has 0 fully saturated rings. The summed E-state index contributed by atoms with van der Waals surface area (Å²) in [6.45, 7) is 0. The summed E-state index contributed by atoms with van der Waals surface area (Å²) in [7, 11) is 3.44. The number of rotatable bonds is 4. The van der Waals surface area contributed by atoms with Crippen molar-refractivity contribution in [1.29, 1.82) is 0 Å². The second-order valence-electron chi connectivity index (χ2n) is 3.98. The number of fused-ring (bicyclic) bond motifs is 1. The number of hydrogen-bond acceptors (Lipinski definition) is 6. The molecule has 0 radical (unpaired) electrons. The van der Waals surface area contributed by atoms with Gasteiger partial charge in [-0.2, -0.15) is 4.98 Å². The average molecular weight is 287 g/mol. The highest BCUT2D eigenvalue weighted by Gasteiger charge is 2.10. The van der Waals surface area contributed by atoms with Crippen molar-refractivity contribution < 1.29 is 4.74 Å². The van der Waals surface area contributed by atoms with Crippen LogP contribution >= 0.6 is 11.8 Å². The average Bonchev–Trinajstić information content (AvgIpc) is 2.96. The number of nitrogens with one attached hydrogen (secondary N) is 2. The van der Waals surface area contributed by atoms with Gasteiger partial charge in [0.1, 0.15) is 16.3 Å². The molecule has 3 rings (SSSR count). The Kier molecular flexibility index (Phi) is 3.42. The van der Waals surface area contributed by atoms with Crippen molar-refractivity contribution in [3.63, 3.8) is 0 Å². The third kappa shape index (κ3) is 2.39. The van der Waals surface area contributed by atoms with Gasteiger partial charge >= 0.3 is 0 Å². The maximum atomic E-state index is 5.15. The normalized spacial score (nSPS) is 10.7. The number of anilines is 1.